The highest BCUT2D eigenvalue weighted by molar-refractivity contribution is 5.63. The summed E-state index contributed by atoms with van der Waals surface area (Å²) in [5.74, 6) is 0.865. The Balaban J connectivity index is 2.40. The van der Waals surface area contributed by atoms with E-state index in [2.05, 4.69) is 10.3 Å². The van der Waals surface area contributed by atoms with E-state index < -0.39 is 0 Å². The molecular formula is C12H13N3. The molecule has 1 aromatic carbocycles. The third-order valence-corrected chi connectivity index (χ3v) is 2.21. The second kappa shape index (κ2) is 4.00. The van der Waals surface area contributed by atoms with Gasteiger partial charge in [0.2, 0.25) is 0 Å². The summed E-state index contributed by atoms with van der Waals surface area (Å²) in [6, 6.07) is 13.6. The first-order chi connectivity index (χ1) is 7.29. The number of nitrogen functional groups attached to an aromatic ring is 1. The zero-order chi connectivity index (χ0) is 10.7. The minimum Gasteiger partial charge on any atom is -0.399 e. The molecule has 0 aliphatic carbocycles. The lowest BCUT2D eigenvalue weighted by atomic mass is 10.1. The largest absolute Gasteiger partial charge is 0.399 e. The Morgan fingerprint density at radius 2 is 1.80 bits per heavy atom. The first kappa shape index (κ1) is 9.52. The maximum absolute atomic E-state index is 5.63. The van der Waals surface area contributed by atoms with E-state index in [0.717, 1.165) is 22.8 Å². The molecule has 0 bridgehead atoms. The highest BCUT2D eigenvalue weighted by Gasteiger charge is 1.99. The molecule has 0 saturated heterocycles. The van der Waals surface area contributed by atoms with Crippen molar-refractivity contribution in [2.75, 3.05) is 18.1 Å². The van der Waals surface area contributed by atoms with Crippen LogP contribution in [-0.4, -0.2) is 12.0 Å². The summed E-state index contributed by atoms with van der Waals surface area (Å²) in [7, 11) is 1.86. The minimum atomic E-state index is 0.767. The van der Waals surface area contributed by atoms with E-state index in [1.165, 1.54) is 0 Å². The van der Waals surface area contributed by atoms with Crippen LogP contribution in [0.3, 0.4) is 0 Å². The van der Waals surface area contributed by atoms with Gasteiger partial charge in [-0.2, -0.15) is 0 Å². The number of hydrogen-bond acceptors (Lipinski definition) is 3. The van der Waals surface area contributed by atoms with Gasteiger partial charge in [-0.05, 0) is 24.3 Å². The third kappa shape index (κ3) is 2.07. The van der Waals surface area contributed by atoms with Crippen LogP contribution in [0.25, 0.3) is 11.3 Å². The van der Waals surface area contributed by atoms with Gasteiger partial charge in [0, 0.05) is 18.3 Å². The number of benzene rings is 1. The number of anilines is 2. The maximum atomic E-state index is 5.63. The Morgan fingerprint density at radius 1 is 1.07 bits per heavy atom. The summed E-state index contributed by atoms with van der Waals surface area (Å²) in [6.45, 7) is 0. The summed E-state index contributed by atoms with van der Waals surface area (Å²) < 4.78 is 0. The number of hydrogen-bond donors (Lipinski definition) is 2. The first-order valence-corrected chi connectivity index (χ1v) is 4.80. The molecule has 0 amide bonds. The standard InChI is InChI=1S/C12H13N3/c1-14-12-4-2-3-11(15-12)9-5-7-10(13)8-6-9/h2-8H,13H2,1H3,(H,14,15). The van der Waals surface area contributed by atoms with Crippen molar-refractivity contribution in [3.63, 3.8) is 0 Å². The van der Waals surface area contributed by atoms with Gasteiger partial charge >= 0.3 is 0 Å². The number of nitrogens with one attached hydrogen (secondary N) is 1. The predicted octanol–water partition coefficient (Wildman–Crippen LogP) is 2.37. The van der Waals surface area contributed by atoms with Crippen molar-refractivity contribution >= 4 is 11.5 Å². The van der Waals surface area contributed by atoms with Crippen LogP contribution >= 0.6 is 0 Å². The maximum Gasteiger partial charge on any atom is 0.126 e. The first-order valence-electron chi connectivity index (χ1n) is 4.80. The summed E-state index contributed by atoms with van der Waals surface area (Å²) in [5, 5.41) is 3.01. The molecule has 15 heavy (non-hydrogen) atoms. The van der Waals surface area contributed by atoms with Crippen molar-refractivity contribution in [3.05, 3.63) is 42.5 Å². The quantitative estimate of drug-likeness (QED) is 0.730. The molecule has 2 rings (SSSR count). The van der Waals surface area contributed by atoms with E-state index in [1.54, 1.807) is 0 Å². The molecule has 1 aromatic heterocycles. The molecule has 0 aliphatic rings. The zero-order valence-corrected chi connectivity index (χ0v) is 8.57. The normalized spacial score (nSPS) is 9.93. The van der Waals surface area contributed by atoms with Gasteiger partial charge in [-0.25, -0.2) is 4.98 Å². The van der Waals surface area contributed by atoms with Crippen molar-refractivity contribution < 1.29 is 0 Å². The fourth-order valence-corrected chi connectivity index (χ4v) is 1.39. The third-order valence-electron chi connectivity index (χ3n) is 2.21. The molecular weight excluding hydrogens is 186 g/mol. The van der Waals surface area contributed by atoms with E-state index in [1.807, 2.05) is 49.5 Å². The molecule has 1 heterocycles. The number of nitrogens with two attached hydrogens (primary N) is 1. The van der Waals surface area contributed by atoms with Crippen molar-refractivity contribution in [1.29, 1.82) is 0 Å². The van der Waals surface area contributed by atoms with Crippen LogP contribution in [0.5, 0.6) is 0 Å². The lowest BCUT2D eigenvalue weighted by molar-refractivity contribution is 1.29. The average Bonchev–Trinajstić information content (AvgIpc) is 2.30. The van der Waals surface area contributed by atoms with Gasteiger partial charge < -0.3 is 11.1 Å². The Bertz CT molecular complexity index is 449. The lowest BCUT2D eigenvalue weighted by Crippen LogP contribution is -1.93. The van der Waals surface area contributed by atoms with E-state index >= 15 is 0 Å². The molecule has 3 nitrogen and oxygen atoms in total. The fourth-order valence-electron chi connectivity index (χ4n) is 1.39. The van der Waals surface area contributed by atoms with Crippen LogP contribution in [0, 0.1) is 0 Å². The van der Waals surface area contributed by atoms with Gasteiger partial charge in [-0.3, -0.25) is 0 Å². The highest BCUT2D eigenvalue weighted by atomic mass is 15.0. The van der Waals surface area contributed by atoms with E-state index in [9.17, 15) is 0 Å². The number of rotatable bonds is 2. The van der Waals surface area contributed by atoms with E-state index in [-0.39, 0.29) is 0 Å². The molecule has 0 saturated carbocycles. The molecule has 0 unspecified atom stereocenters. The van der Waals surface area contributed by atoms with Gasteiger partial charge in [0.15, 0.2) is 0 Å². The molecule has 0 aliphatic heterocycles. The van der Waals surface area contributed by atoms with Crippen LogP contribution in [-0.2, 0) is 0 Å². The number of aromatic nitrogens is 1. The summed E-state index contributed by atoms with van der Waals surface area (Å²) in [5.41, 5.74) is 8.41. The lowest BCUT2D eigenvalue weighted by Gasteiger charge is -2.04. The Labute approximate surface area is 89.0 Å². The van der Waals surface area contributed by atoms with Crippen LogP contribution < -0.4 is 11.1 Å². The van der Waals surface area contributed by atoms with Crippen LogP contribution in [0.2, 0.25) is 0 Å². The second-order valence-electron chi connectivity index (χ2n) is 3.28. The average molecular weight is 199 g/mol. The van der Waals surface area contributed by atoms with Gasteiger partial charge in [0.05, 0.1) is 5.69 Å². The van der Waals surface area contributed by atoms with Crippen LogP contribution in [0.15, 0.2) is 42.5 Å². The molecule has 76 valence electrons. The topological polar surface area (TPSA) is 50.9 Å². The van der Waals surface area contributed by atoms with Crippen molar-refractivity contribution in [3.8, 4) is 11.3 Å². The summed E-state index contributed by atoms with van der Waals surface area (Å²) in [6.07, 6.45) is 0. The van der Waals surface area contributed by atoms with E-state index in [0.29, 0.717) is 0 Å². The molecule has 0 atom stereocenters. The Kier molecular flexibility index (Phi) is 2.54. The van der Waals surface area contributed by atoms with Crippen LogP contribution in [0.1, 0.15) is 0 Å². The van der Waals surface area contributed by atoms with Crippen molar-refractivity contribution in [2.45, 2.75) is 0 Å². The summed E-state index contributed by atoms with van der Waals surface area (Å²) in [4.78, 5) is 4.44. The Hall–Kier alpha value is -2.03. The van der Waals surface area contributed by atoms with Crippen molar-refractivity contribution in [2.24, 2.45) is 0 Å². The molecule has 0 fully saturated rings. The molecule has 3 N–H and O–H groups in total. The summed E-state index contributed by atoms with van der Waals surface area (Å²) >= 11 is 0. The molecule has 2 aromatic rings. The smallest absolute Gasteiger partial charge is 0.126 e. The van der Waals surface area contributed by atoms with Gasteiger partial charge in [0.1, 0.15) is 5.82 Å². The predicted molar refractivity (Wildman–Crippen MR) is 63.6 cm³/mol. The number of pyridine rings is 1. The molecule has 0 spiro atoms. The molecule has 0 radical (unpaired) electrons. The van der Waals surface area contributed by atoms with Crippen LogP contribution in [0.4, 0.5) is 11.5 Å². The SMILES string of the molecule is CNc1cccc(-c2ccc(N)cc2)n1. The highest BCUT2D eigenvalue weighted by Crippen LogP contribution is 2.19. The Morgan fingerprint density at radius 3 is 2.47 bits per heavy atom. The monoisotopic (exact) mass is 199 g/mol. The number of nitrogens with zero attached hydrogens (tertiary/aromatic N) is 1. The fraction of sp³-hybridized carbons (Fsp3) is 0.0833. The van der Waals surface area contributed by atoms with Gasteiger partial charge in [-0.1, -0.05) is 18.2 Å². The molecule has 3 heteroatoms. The van der Waals surface area contributed by atoms with E-state index in [4.69, 9.17) is 5.73 Å². The zero-order valence-electron chi connectivity index (χ0n) is 8.57. The minimum absolute atomic E-state index is 0.767. The second-order valence-corrected chi connectivity index (χ2v) is 3.28. The van der Waals surface area contributed by atoms with Crippen molar-refractivity contribution in [1.82, 2.24) is 4.98 Å². The van der Waals surface area contributed by atoms with Gasteiger partial charge in [-0.15, -0.1) is 0 Å². The van der Waals surface area contributed by atoms with Gasteiger partial charge in [0.25, 0.3) is 0 Å².